The molecule has 1 fully saturated rings. The number of pyridine rings is 1. The van der Waals surface area contributed by atoms with E-state index in [1.807, 2.05) is 30.3 Å². The topological polar surface area (TPSA) is 54.5 Å². The number of halogens is 1. The fourth-order valence-corrected chi connectivity index (χ4v) is 2.70. The van der Waals surface area contributed by atoms with E-state index < -0.39 is 0 Å². The number of amides is 1. The molecule has 0 saturated carbocycles. The van der Waals surface area contributed by atoms with Gasteiger partial charge in [-0.2, -0.15) is 0 Å². The minimum Gasteiger partial charge on any atom is -0.447 e. The van der Waals surface area contributed by atoms with Crippen molar-refractivity contribution in [1.82, 2.24) is 10.3 Å². The Balaban J connectivity index is 1.69. The molecule has 120 valence electrons. The van der Waals surface area contributed by atoms with Gasteiger partial charge < -0.3 is 10.1 Å². The standard InChI is InChI=1S/C17H18ClN3O2/c1-12(20-10-14-5-6-19-11-16(14)18)13-3-2-4-15(9-13)21-7-8-23-17(21)22/h2-6,9,11-12,20H,7-8,10H2,1H3/t12-/m1/s1. The number of cyclic esters (lactones) is 1. The molecule has 5 nitrogen and oxygen atoms in total. The van der Waals surface area contributed by atoms with Crippen LogP contribution in [0.5, 0.6) is 0 Å². The zero-order valence-corrected chi connectivity index (χ0v) is 13.6. The van der Waals surface area contributed by atoms with E-state index in [4.69, 9.17) is 16.3 Å². The van der Waals surface area contributed by atoms with Crippen LogP contribution in [0.25, 0.3) is 0 Å². The van der Waals surface area contributed by atoms with Crippen molar-refractivity contribution in [3.63, 3.8) is 0 Å². The quantitative estimate of drug-likeness (QED) is 0.910. The Kier molecular flexibility index (Phi) is 4.79. The van der Waals surface area contributed by atoms with Gasteiger partial charge in [-0.1, -0.05) is 23.7 Å². The SMILES string of the molecule is C[C@@H](NCc1ccncc1Cl)c1cccc(N2CCOC2=O)c1. The second-order valence-corrected chi connectivity index (χ2v) is 5.84. The summed E-state index contributed by atoms with van der Waals surface area (Å²) in [5.41, 5.74) is 2.97. The molecule has 0 bridgehead atoms. The number of hydrogen-bond donors (Lipinski definition) is 1. The van der Waals surface area contributed by atoms with Crippen LogP contribution in [-0.2, 0) is 11.3 Å². The maximum atomic E-state index is 11.7. The van der Waals surface area contributed by atoms with Crippen LogP contribution in [0.1, 0.15) is 24.1 Å². The number of hydrogen-bond acceptors (Lipinski definition) is 4. The van der Waals surface area contributed by atoms with Gasteiger partial charge in [0, 0.05) is 30.7 Å². The van der Waals surface area contributed by atoms with E-state index in [0.717, 1.165) is 16.8 Å². The summed E-state index contributed by atoms with van der Waals surface area (Å²) in [6, 6.07) is 9.95. The van der Waals surface area contributed by atoms with Gasteiger partial charge in [0.25, 0.3) is 0 Å². The molecule has 0 radical (unpaired) electrons. The minimum atomic E-state index is -0.286. The number of anilines is 1. The molecular weight excluding hydrogens is 314 g/mol. The van der Waals surface area contributed by atoms with Crippen molar-refractivity contribution < 1.29 is 9.53 Å². The van der Waals surface area contributed by atoms with Gasteiger partial charge in [0.2, 0.25) is 0 Å². The minimum absolute atomic E-state index is 0.123. The van der Waals surface area contributed by atoms with Crippen LogP contribution in [0.3, 0.4) is 0 Å². The van der Waals surface area contributed by atoms with E-state index in [1.165, 1.54) is 0 Å². The van der Waals surface area contributed by atoms with Gasteiger partial charge in [0.05, 0.1) is 11.6 Å². The molecule has 2 aromatic rings. The first-order chi connectivity index (χ1) is 11.1. The number of carbonyl (C=O) groups excluding carboxylic acids is 1. The van der Waals surface area contributed by atoms with Gasteiger partial charge in [0.1, 0.15) is 6.61 Å². The van der Waals surface area contributed by atoms with Crippen LogP contribution in [0.4, 0.5) is 10.5 Å². The number of nitrogens with zero attached hydrogens (tertiary/aromatic N) is 2. The second-order valence-electron chi connectivity index (χ2n) is 5.43. The van der Waals surface area contributed by atoms with Crippen molar-refractivity contribution in [2.24, 2.45) is 0 Å². The van der Waals surface area contributed by atoms with Gasteiger partial charge in [0.15, 0.2) is 0 Å². The van der Waals surface area contributed by atoms with Gasteiger partial charge in [-0.05, 0) is 36.2 Å². The van der Waals surface area contributed by atoms with Crippen LogP contribution in [0, 0.1) is 0 Å². The molecular formula is C17H18ClN3O2. The number of aromatic nitrogens is 1. The molecule has 1 atom stereocenters. The molecule has 2 heterocycles. The van der Waals surface area contributed by atoms with Gasteiger partial charge in [-0.25, -0.2) is 4.79 Å². The fraction of sp³-hybridized carbons (Fsp3) is 0.294. The summed E-state index contributed by atoms with van der Waals surface area (Å²) in [7, 11) is 0. The molecule has 23 heavy (non-hydrogen) atoms. The van der Waals surface area contributed by atoms with E-state index >= 15 is 0 Å². The van der Waals surface area contributed by atoms with Crippen LogP contribution in [0.15, 0.2) is 42.7 Å². The molecule has 1 aromatic heterocycles. The number of carbonyl (C=O) groups is 1. The first-order valence-electron chi connectivity index (χ1n) is 7.51. The first-order valence-corrected chi connectivity index (χ1v) is 7.89. The van der Waals surface area contributed by atoms with Gasteiger partial charge >= 0.3 is 6.09 Å². The van der Waals surface area contributed by atoms with Crippen molar-refractivity contribution in [2.45, 2.75) is 19.5 Å². The lowest BCUT2D eigenvalue weighted by Gasteiger charge is -2.18. The molecule has 0 aliphatic carbocycles. The molecule has 3 rings (SSSR count). The van der Waals surface area contributed by atoms with Crippen molar-refractivity contribution in [1.29, 1.82) is 0 Å². The summed E-state index contributed by atoms with van der Waals surface area (Å²) in [6.07, 6.45) is 3.09. The number of nitrogens with one attached hydrogen (secondary N) is 1. The van der Waals surface area contributed by atoms with E-state index in [-0.39, 0.29) is 12.1 Å². The Hall–Kier alpha value is -2.11. The molecule has 1 saturated heterocycles. The van der Waals surface area contributed by atoms with Crippen molar-refractivity contribution in [2.75, 3.05) is 18.1 Å². The third-order valence-corrected chi connectivity index (χ3v) is 4.24. The van der Waals surface area contributed by atoms with E-state index in [9.17, 15) is 4.79 Å². The lowest BCUT2D eigenvalue weighted by atomic mass is 10.1. The smallest absolute Gasteiger partial charge is 0.414 e. The van der Waals surface area contributed by atoms with Gasteiger partial charge in [-0.15, -0.1) is 0 Å². The normalized spacial score (nSPS) is 15.6. The van der Waals surface area contributed by atoms with Crippen LogP contribution < -0.4 is 10.2 Å². The fourth-order valence-electron chi connectivity index (χ4n) is 2.52. The maximum Gasteiger partial charge on any atom is 0.414 e. The molecule has 1 aromatic carbocycles. The number of benzene rings is 1. The monoisotopic (exact) mass is 331 g/mol. The molecule has 1 aliphatic heterocycles. The molecule has 6 heteroatoms. The Labute approximate surface area is 140 Å². The summed E-state index contributed by atoms with van der Waals surface area (Å²) in [6.45, 7) is 3.77. The second kappa shape index (κ2) is 6.98. The summed E-state index contributed by atoms with van der Waals surface area (Å²) >= 11 is 6.12. The maximum absolute atomic E-state index is 11.7. The van der Waals surface area contributed by atoms with Crippen molar-refractivity contribution in [3.8, 4) is 0 Å². The highest BCUT2D eigenvalue weighted by molar-refractivity contribution is 6.31. The zero-order chi connectivity index (χ0) is 16.2. The van der Waals surface area contributed by atoms with Gasteiger partial charge in [-0.3, -0.25) is 9.88 Å². The third kappa shape index (κ3) is 3.63. The predicted molar refractivity (Wildman–Crippen MR) is 89.6 cm³/mol. The highest BCUT2D eigenvalue weighted by Crippen LogP contribution is 2.23. The largest absolute Gasteiger partial charge is 0.447 e. The summed E-state index contributed by atoms with van der Waals surface area (Å²) in [4.78, 5) is 17.3. The number of ether oxygens (including phenoxy) is 1. The third-order valence-electron chi connectivity index (χ3n) is 3.90. The Morgan fingerprint density at radius 1 is 1.43 bits per heavy atom. The molecule has 0 spiro atoms. The number of rotatable bonds is 5. The Morgan fingerprint density at radius 2 is 2.30 bits per heavy atom. The van der Waals surface area contributed by atoms with E-state index in [0.29, 0.717) is 24.7 Å². The molecule has 1 amide bonds. The zero-order valence-electron chi connectivity index (χ0n) is 12.8. The van der Waals surface area contributed by atoms with Crippen molar-refractivity contribution in [3.05, 3.63) is 58.9 Å². The van der Waals surface area contributed by atoms with E-state index in [1.54, 1.807) is 17.3 Å². The highest BCUT2D eigenvalue weighted by Gasteiger charge is 2.23. The first kappa shape index (κ1) is 15.8. The van der Waals surface area contributed by atoms with Crippen LogP contribution in [0.2, 0.25) is 5.02 Å². The van der Waals surface area contributed by atoms with Crippen molar-refractivity contribution >= 4 is 23.4 Å². The average Bonchev–Trinajstić information content (AvgIpc) is 3.00. The summed E-state index contributed by atoms with van der Waals surface area (Å²) in [5.74, 6) is 0. The average molecular weight is 332 g/mol. The predicted octanol–water partition coefficient (Wildman–Crippen LogP) is 3.54. The lowest BCUT2D eigenvalue weighted by Crippen LogP contribution is -2.24. The Morgan fingerprint density at radius 3 is 3.04 bits per heavy atom. The highest BCUT2D eigenvalue weighted by atomic mass is 35.5. The molecule has 1 N–H and O–H groups in total. The van der Waals surface area contributed by atoms with Crippen LogP contribution in [-0.4, -0.2) is 24.2 Å². The Bertz CT molecular complexity index is 708. The van der Waals surface area contributed by atoms with Crippen LogP contribution >= 0.6 is 11.6 Å². The summed E-state index contributed by atoms with van der Waals surface area (Å²) in [5, 5.41) is 4.09. The van der Waals surface area contributed by atoms with E-state index in [2.05, 4.69) is 17.2 Å². The molecule has 0 unspecified atom stereocenters. The summed E-state index contributed by atoms with van der Waals surface area (Å²) < 4.78 is 4.99. The molecule has 1 aliphatic rings. The lowest BCUT2D eigenvalue weighted by molar-refractivity contribution is 0.181.